The standard InChI is InChI=1S/C11H11F3O3/c1-16-5-6-17-10(15)8-3-2-4-9(7-8)11(12,13)14/h2-4,7H,5-6H2,1H3. The first-order valence-electron chi connectivity index (χ1n) is 4.78. The van der Waals surface area contributed by atoms with Gasteiger partial charge in [0.25, 0.3) is 0 Å². The largest absolute Gasteiger partial charge is 0.460 e. The molecule has 1 rings (SSSR count). The number of carbonyl (C=O) groups is 1. The summed E-state index contributed by atoms with van der Waals surface area (Å²) in [5, 5.41) is 0. The molecule has 0 unspecified atom stereocenters. The fourth-order valence-electron chi connectivity index (χ4n) is 1.12. The van der Waals surface area contributed by atoms with Gasteiger partial charge in [-0.2, -0.15) is 13.2 Å². The molecule has 0 bridgehead atoms. The molecule has 0 amide bonds. The van der Waals surface area contributed by atoms with Gasteiger partial charge in [-0.05, 0) is 18.2 Å². The zero-order chi connectivity index (χ0) is 12.9. The van der Waals surface area contributed by atoms with Gasteiger partial charge in [-0.3, -0.25) is 0 Å². The van der Waals surface area contributed by atoms with Crippen LogP contribution in [0.15, 0.2) is 24.3 Å². The highest BCUT2D eigenvalue weighted by Crippen LogP contribution is 2.29. The molecule has 6 heteroatoms. The molecule has 0 radical (unpaired) electrons. The molecule has 17 heavy (non-hydrogen) atoms. The van der Waals surface area contributed by atoms with Crippen LogP contribution in [0.3, 0.4) is 0 Å². The fourth-order valence-corrected chi connectivity index (χ4v) is 1.12. The summed E-state index contributed by atoms with van der Waals surface area (Å²) in [6.45, 7) is 0.205. The van der Waals surface area contributed by atoms with Crippen LogP contribution in [0, 0.1) is 0 Å². The quantitative estimate of drug-likeness (QED) is 0.606. The third-order valence-electron chi connectivity index (χ3n) is 1.95. The van der Waals surface area contributed by atoms with Crippen molar-refractivity contribution in [3.8, 4) is 0 Å². The van der Waals surface area contributed by atoms with Crippen LogP contribution < -0.4 is 0 Å². The maximum Gasteiger partial charge on any atom is 0.416 e. The summed E-state index contributed by atoms with van der Waals surface area (Å²) in [6, 6.07) is 4.08. The van der Waals surface area contributed by atoms with Crippen molar-refractivity contribution in [1.82, 2.24) is 0 Å². The van der Waals surface area contributed by atoms with Crippen molar-refractivity contribution in [2.45, 2.75) is 6.18 Å². The van der Waals surface area contributed by atoms with Gasteiger partial charge in [0.2, 0.25) is 0 Å². The number of carbonyl (C=O) groups excluding carboxylic acids is 1. The Morgan fingerprint density at radius 3 is 2.59 bits per heavy atom. The lowest BCUT2D eigenvalue weighted by Crippen LogP contribution is -2.12. The summed E-state index contributed by atoms with van der Waals surface area (Å²) in [5.74, 6) is -0.798. The average Bonchev–Trinajstić information content (AvgIpc) is 2.28. The minimum absolute atomic E-state index is 0.00553. The zero-order valence-corrected chi connectivity index (χ0v) is 9.08. The Bertz CT molecular complexity index is 388. The molecular formula is C11H11F3O3. The van der Waals surface area contributed by atoms with Gasteiger partial charge < -0.3 is 9.47 Å². The molecule has 94 valence electrons. The Morgan fingerprint density at radius 1 is 1.29 bits per heavy atom. The number of esters is 1. The van der Waals surface area contributed by atoms with Gasteiger partial charge in [0.05, 0.1) is 17.7 Å². The molecule has 1 aromatic carbocycles. The van der Waals surface area contributed by atoms with Crippen LogP contribution in [0.4, 0.5) is 13.2 Å². The van der Waals surface area contributed by atoms with Crippen molar-refractivity contribution >= 4 is 5.97 Å². The van der Waals surface area contributed by atoms with E-state index in [0.29, 0.717) is 0 Å². The number of hydrogen-bond donors (Lipinski definition) is 0. The smallest absolute Gasteiger partial charge is 0.416 e. The van der Waals surface area contributed by atoms with E-state index in [4.69, 9.17) is 4.74 Å². The van der Waals surface area contributed by atoms with Gasteiger partial charge in [0.15, 0.2) is 0 Å². The van der Waals surface area contributed by atoms with E-state index in [1.54, 1.807) is 0 Å². The van der Waals surface area contributed by atoms with E-state index in [0.717, 1.165) is 18.2 Å². The van der Waals surface area contributed by atoms with Crippen LogP contribution in [0.2, 0.25) is 0 Å². The summed E-state index contributed by atoms with van der Waals surface area (Å²) < 4.78 is 46.5. The number of benzene rings is 1. The Hall–Kier alpha value is -1.56. The second-order valence-corrected chi connectivity index (χ2v) is 3.21. The second-order valence-electron chi connectivity index (χ2n) is 3.21. The van der Waals surface area contributed by atoms with Gasteiger partial charge in [-0.1, -0.05) is 6.07 Å². The molecule has 0 fully saturated rings. The number of ether oxygens (including phenoxy) is 2. The molecule has 0 atom stereocenters. The molecule has 0 aliphatic carbocycles. The minimum atomic E-state index is -4.47. The van der Waals surface area contributed by atoms with Crippen LogP contribution in [0.25, 0.3) is 0 Å². The van der Waals surface area contributed by atoms with Crippen molar-refractivity contribution in [2.24, 2.45) is 0 Å². The van der Waals surface area contributed by atoms with Gasteiger partial charge in [0.1, 0.15) is 6.61 Å². The lowest BCUT2D eigenvalue weighted by atomic mass is 10.1. The van der Waals surface area contributed by atoms with Crippen molar-refractivity contribution in [3.63, 3.8) is 0 Å². The first-order valence-corrected chi connectivity index (χ1v) is 4.78. The first kappa shape index (κ1) is 13.5. The van der Waals surface area contributed by atoms with E-state index in [1.807, 2.05) is 0 Å². The van der Waals surface area contributed by atoms with Crippen LogP contribution in [-0.2, 0) is 15.7 Å². The van der Waals surface area contributed by atoms with Crippen LogP contribution in [-0.4, -0.2) is 26.3 Å². The molecular weight excluding hydrogens is 237 g/mol. The zero-order valence-electron chi connectivity index (χ0n) is 9.08. The van der Waals surface area contributed by atoms with Gasteiger partial charge in [0, 0.05) is 7.11 Å². The molecule has 1 aromatic rings. The number of halogens is 3. The van der Waals surface area contributed by atoms with E-state index in [1.165, 1.54) is 13.2 Å². The summed E-state index contributed by atoms with van der Waals surface area (Å²) in [5.41, 5.74) is -1.00. The monoisotopic (exact) mass is 248 g/mol. The highest BCUT2D eigenvalue weighted by Gasteiger charge is 2.30. The Kier molecular flexibility index (Phi) is 4.51. The van der Waals surface area contributed by atoms with E-state index < -0.39 is 17.7 Å². The fraction of sp³-hybridized carbons (Fsp3) is 0.364. The maximum atomic E-state index is 12.4. The third-order valence-corrected chi connectivity index (χ3v) is 1.95. The van der Waals surface area contributed by atoms with E-state index >= 15 is 0 Å². The normalized spacial score (nSPS) is 11.3. The topological polar surface area (TPSA) is 35.5 Å². The molecule has 0 N–H and O–H groups in total. The number of methoxy groups -OCH3 is 1. The summed E-state index contributed by atoms with van der Waals surface area (Å²) in [4.78, 5) is 11.4. The van der Waals surface area contributed by atoms with Crippen LogP contribution in [0.5, 0.6) is 0 Å². The predicted molar refractivity (Wildman–Crippen MR) is 53.6 cm³/mol. The van der Waals surface area contributed by atoms with Gasteiger partial charge >= 0.3 is 12.1 Å². The van der Waals surface area contributed by atoms with Crippen molar-refractivity contribution in [1.29, 1.82) is 0 Å². The lowest BCUT2D eigenvalue weighted by Gasteiger charge is -2.08. The van der Waals surface area contributed by atoms with Crippen LogP contribution >= 0.6 is 0 Å². The highest BCUT2D eigenvalue weighted by atomic mass is 19.4. The molecule has 0 aromatic heterocycles. The summed E-state index contributed by atoms with van der Waals surface area (Å²) in [6.07, 6.45) is -4.47. The summed E-state index contributed by atoms with van der Waals surface area (Å²) in [7, 11) is 1.43. The summed E-state index contributed by atoms with van der Waals surface area (Å²) >= 11 is 0. The molecule has 0 heterocycles. The second kappa shape index (κ2) is 5.67. The van der Waals surface area contributed by atoms with Crippen LogP contribution in [0.1, 0.15) is 15.9 Å². The first-order chi connectivity index (χ1) is 7.95. The van der Waals surface area contributed by atoms with Crippen molar-refractivity contribution < 1.29 is 27.4 Å². The maximum absolute atomic E-state index is 12.4. The molecule has 0 spiro atoms. The van der Waals surface area contributed by atoms with E-state index in [-0.39, 0.29) is 18.8 Å². The van der Waals surface area contributed by atoms with Crippen molar-refractivity contribution in [2.75, 3.05) is 20.3 Å². The van der Waals surface area contributed by atoms with Crippen molar-refractivity contribution in [3.05, 3.63) is 35.4 Å². The predicted octanol–water partition coefficient (Wildman–Crippen LogP) is 2.51. The molecule has 3 nitrogen and oxygen atoms in total. The van der Waals surface area contributed by atoms with Gasteiger partial charge in [-0.25, -0.2) is 4.79 Å². The number of rotatable bonds is 4. The Balaban J connectivity index is 2.74. The van der Waals surface area contributed by atoms with E-state index in [9.17, 15) is 18.0 Å². The number of alkyl halides is 3. The van der Waals surface area contributed by atoms with Gasteiger partial charge in [-0.15, -0.1) is 0 Å². The SMILES string of the molecule is COCCOC(=O)c1cccc(C(F)(F)F)c1. The Labute approximate surface area is 96.1 Å². The highest BCUT2D eigenvalue weighted by molar-refractivity contribution is 5.89. The average molecular weight is 248 g/mol. The molecule has 0 saturated carbocycles. The minimum Gasteiger partial charge on any atom is -0.460 e. The lowest BCUT2D eigenvalue weighted by molar-refractivity contribution is -0.137. The third kappa shape index (κ3) is 4.07. The molecule has 0 aliphatic heterocycles. The molecule has 0 saturated heterocycles. The van der Waals surface area contributed by atoms with E-state index in [2.05, 4.69) is 4.74 Å². The molecule has 0 aliphatic rings. The Morgan fingerprint density at radius 2 is 2.00 bits per heavy atom. The number of hydrogen-bond acceptors (Lipinski definition) is 3.